The molecule has 1 heterocycles. The molecular formula is C11H19NO3. The summed E-state index contributed by atoms with van der Waals surface area (Å²) in [5.74, 6) is 0. The van der Waals surface area contributed by atoms with Gasteiger partial charge in [-0.15, -0.1) is 0 Å². The first-order valence-corrected chi connectivity index (χ1v) is 5.88. The van der Waals surface area contributed by atoms with Crippen LogP contribution in [-0.2, 0) is 9.47 Å². The topological polar surface area (TPSA) is 38.8 Å². The lowest BCUT2D eigenvalue weighted by Gasteiger charge is -2.42. The number of amides is 1. The van der Waals surface area contributed by atoms with Gasteiger partial charge in [0.2, 0.25) is 0 Å². The van der Waals surface area contributed by atoms with Gasteiger partial charge in [0.25, 0.3) is 0 Å². The molecule has 0 N–H and O–H groups in total. The quantitative estimate of drug-likeness (QED) is 0.666. The van der Waals surface area contributed by atoms with Gasteiger partial charge in [0.05, 0.1) is 25.4 Å². The van der Waals surface area contributed by atoms with E-state index in [-0.39, 0.29) is 18.2 Å². The van der Waals surface area contributed by atoms with E-state index in [9.17, 15) is 4.79 Å². The van der Waals surface area contributed by atoms with E-state index in [4.69, 9.17) is 9.47 Å². The van der Waals surface area contributed by atoms with Gasteiger partial charge in [0, 0.05) is 6.54 Å². The highest BCUT2D eigenvalue weighted by molar-refractivity contribution is 5.68. The molecule has 4 nitrogen and oxygen atoms in total. The van der Waals surface area contributed by atoms with Crippen molar-refractivity contribution in [2.75, 3.05) is 19.8 Å². The second kappa shape index (κ2) is 4.84. The number of fused-ring (bicyclic) bond motifs is 1. The molecule has 1 aliphatic heterocycles. The third kappa shape index (κ3) is 2.25. The Balaban J connectivity index is 2.00. The smallest absolute Gasteiger partial charge is 0.410 e. The van der Waals surface area contributed by atoms with Gasteiger partial charge < -0.3 is 14.4 Å². The van der Waals surface area contributed by atoms with Crippen LogP contribution in [-0.4, -0.2) is 42.9 Å². The number of carbonyl (C=O) groups is 1. The Morgan fingerprint density at radius 1 is 1.47 bits per heavy atom. The van der Waals surface area contributed by atoms with Gasteiger partial charge in [0.1, 0.15) is 0 Å². The lowest BCUT2D eigenvalue weighted by Crippen LogP contribution is -2.54. The first-order valence-electron chi connectivity index (χ1n) is 5.88. The van der Waals surface area contributed by atoms with Crippen molar-refractivity contribution in [1.82, 2.24) is 4.90 Å². The van der Waals surface area contributed by atoms with E-state index in [1.165, 1.54) is 12.8 Å². The number of morpholine rings is 1. The molecule has 2 fully saturated rings. The summed E-state index contributed by atoms with van der Waals surface area (Å²) in [6, 6.07) is 0.256. The number of hydrogen-bond donors (Lipinski definition) is 0. The van der Waals surface area contributed by atoms with Gasteiger partial charge in [-0.3, -0.25) is 0 Å². The SMILES string of the molecule is CCOC(=O)N1CCO[C@H]2CCCC[C@@H]21. The standard InChI is InChI=1S/C11H19NO3/c1-2-14-11(13)12-7-8-15-10-6-4-3-5-9(10)12/h9-10H,2-8H2,1H3/t9-,10-/m0/s1. The summed E-state index contributed by atoms with van der Waals surface area (Å²) in [7, 11) is 0. The van der Waals surface area contributed by atoms with Crippen LogP contribution in [0.5, 0.6) is 0 Å². The lowest BCUT2D eigenvalue weighted by atomic mass is 9.90. The normalized spacial score (nSPS) is 30.9. The van der Waals surface area contributed by atoms with E-state index in [1.54, 1.807) is 0 Å². The van der Waals surface area contributed by atoms with Crippen molar-refractivity contribution >= 4 is 6.09 Å². The molecule has 1 aliphatic carbocycles. The molecule has 0 spiro atoms. The Kier molecular flexibility index (Phi) is 3.46. The number of rotatable bonds is 1. The molecule has 2 atom stereocenters. The van der Waals surface area contributed by atoms with E-state index >= 15 is 0 Å². The third-order valence-corrected chi connectivity index (χ3v) is 3.23. The van der Waals surface area contributed by atoms with Gasteiger partial charge in [0.15, 0.2) is 0 Å². The molecule has 1 saturated carbocycles. The lowest BCUT2D eigenvalue weighted by molar-refractivity contribution is -0.0810. The second-order valence-corrected chi connectivity index (χ2v) is 4.15. The molecule has 0 unspecified atom stereocenters. The van der Waals surface area contributed by atoms with Crippen LogP contribution in [0.15, 0.2) is 0 Å². The highest BCUT2D eigenvalue weighted by Gasteiger charge is 2.37. The zero-order chi connectivity index (χ0) is 10.7. The summed E-state index contributed by atoms with van der Waals surface area (Å²) < 4.78 is 10.8. The highest BCUT2D eigenvalue weighted by atomic mass is 16.6. The van der Waals surface area contributed by atoms with E-state index in [2.05, 4.69) is 0 Å². The Labute approximate surface area is 90.5 Å². The summed E-state index contributed by atoms with van der Waals surface area (Å²) in [6.45, 7) is 3.63. The minimum absolute atomic E-state index is 0.169. The maximum Gasteiger partial charge on any atom is 0.410 e. The Hall–Kier alpha value is -0.770. The van der Waals surface area contributed by atoms with E-state index in [0.717, 1.165) is 12.8 Å². The van der Waals surface area contributed by atoms with Gasteiger partial charge in [-0.05, 0) is 19.8 Å². The van der Waals surface area contributed by atoms with Crippen LogP contribution >= 0.6 is 0 Å². The molecular weight excluding hydrogens is 194 g/mol. The Morgan fingerprint density at radius 3 is 3.07 bits per heavy atom. The minimum Gasteiger partial charge on any atom is -0.450 e. The third-order valence-electron chi connectivity index (χ3n) is 3.23. The molecule has 2 rings (SSSR count). The first-order chi connectivity index (χ1) is 7.33. The van der Waals surface area contributed by atoms with Crippen LogP contribution in [0.2, 0.25) is 0 Å². The molecule has 2 aliphatic rings. The maximum atomic E-state index is 11.7. The molecule has 0 aromatic rings. The second-order valence-electron chi connectivity index (χ2n) is 4.15. The average Bonchev–Trinajstić information content (AvgIpc) is 2.28. The maximum absolute atomic E-state index is 11.7. The molecule has 86 valence electrons. The zero-order valence-electron chi connectivity index (χ0n) is 9.28. The molecule has 4 heteroatoms. The molecule has 0 bridgehead atoms. The van der Waals surface area contributed by atoms with Crippen LogP contribution in [0.3, 0.4) is 0 Å². The summed E-state index contributed by atoms with van der Waals surface area (Å²) in [5.41, 5.74) is 0. The van der Waals surface area contributed by atoms with Crippen molar-refractivity contribution < 1.29 is 14.3 Å². The monoisotopic (exact) mass is 213 g/mol. The van der Waals surface area contributed by atoms with Crippen molar-refractivity contribution in [2.45, 2.75) is 44.8 Å². The largest absolute Gasteiger partial charge is 0.450 e. The van der Waals surface area contributed by atoms with Crippen molar-refractivity contribution in [1.29, 1.82) is 0 Å². The molecule has 0 radical (unpaired) electrons. The van der Waals surface area contributed by atoms with Gasteiger partial charge in [-0.2, -0.15) is 0 Å². The summed E-state index contributed by atoms with van der Waals surface area (Å²) in [6.07, 6.45) is 4.64. The molecule has 15 heavy (non-hydrogen) atoms. The van der Waals surface area contributed by atoms with Gasteiger partial charge in [-0.1, -0.05) is 12.8 Å². The fraction of sp³-hybridized carbons (Fsp3) is 0.909. The average molecular weight is 213 g/mol. The first kappa shape index (κ1) is 10.7. The number of hydrogen-bond acceptors (Lipinski definition) is 3. The number of ether oxygens (including phenoxy) is 2. The van der Waals surface area contributed by atoms with Crippen molar-refractivity contribution in [3.05, 3.63) is 0 Å². The molecule has 0 aromatic carbocycles. The molecule has 1 saturated heterocycles. The fourth-order valence-electron chi connectivity index (χ4n) is 2.53. The molecule has 0 aromatic heterocycles. The van der Waals surface area contributed by atoms with Crippen molar-refractivity contribution in [3.63, 3.8) is 0 Å². The van der Waals surface area contributed by atoms with Crippen LogP contribution in [0.4, 0.5) is 4.79 Å². The Bertz CT molecular complexity index is 230. The Morgan fingerprint density at radius 2 is 2.27 bits per heavy atom. The number of carbonyl (C=O) groups excluding carboxylic acids is 1. The zero-order valence-corrected chi connectivity index (χ0v) is 9.28. The van der Waals surface area contributed by atoms with E-state index in [1.807, 2.05) is 11.8 Å². The van der Waals surface area contributed by atoms with Crippen LogP contribution < -0.4 is 0 Å². The van der Waals surface area contributed by atoms with Crippen molar-refractivity contribution in [2.24, 2.45) is 0 Å². The fourth-order valence-corrected chi connectivity index (χ4v) is 2.53. The van der Waals surface area contributed by atoms with Crippen LogP contribution in [0, 0.1) is 0 Å². The van der Waals surface area contributed by atoms with Gasteiger partial charge in [-0.25, -0.2) is 4.79 Å². The van der Waals surface area contributed by atoms with Crippen LogP contribution in [0.1, 0.15) is 32.6 Å². The predicted octanol–water partition coefficient (Wildman–Crippen LogP) is 1.79. The van der Waals surface area contributed by atoms with Crippen LogP contribution in [0.25, 0.3) is 0 Å². The molecule has 1 amide bonds. The summed E-state index contributed by atoms with van der Waals surface area (Å²) in [5, 5.41) is 0. The minimum atomic E-state index is -0.169. The summed E-state index contributed by atoms with van der Waals surface area (Å²) in [4.78, 5) is 13.6. The van der Waals surface area contributed by atoms with E-state index in [0.29, 0.717) is 19.8 Å². The predicted molar refractivity (Wildman–Crippen MR) is 55.7 cm³/mol. The van der Waals surface area contributed by atoms with E-state index < -0.39 is 0 Å². The van der Waals surface area contributed by atoms with Crippen molar-refractivity contribution in [3.8, 4) is 0 Å². The number of nitrogens with zero attached hydrogens (tertiary/aromatic N) is 1. The van der Waals surface area contributed by atoms with Gasteiger partial charge >= 0.3 is 6.09 Å². The highest BCUT2D eigenvalue weighted by Crippen LogP contribution is 2.28. The summed E-state index contributed by atoms with van der Waals surface area (Å²) >= 11 is 0.